The fourth-order valence-electron chi connectivity index (χ4n) is 1.38. The number of hydrogen-bond acceptors (Lipinski definition) is 6. The molecule has 2 aromatic rings. The maximum absolute atomic E-state index is 11.4. The maximum Gasteiger partial charge on any atom is 0.261 e. The minimum absolute atomic E-state index is 0.0190. The largest absolute Gasteiger partial charge is 0.507 e. The van der Waals surface area contributed by atoms with E-state index >= 15 is 0 Å². The van der Waals surface area contributed by atoms with Crippen molar-refractivity contribution in [1.82, 2.24) is 10.1 Å². The van der Waals surface area contributed by atoms with Crippen molar-refractivity contribution in [2.24, 2.45) is 0 Å². The molecule has 1 atom stereocenters. The lowest BCUT2D eigenvalue weighted by Gasteiger charge is -2.02. The number of aromatic nitrogens is 2. The highest BCUT2D eigenvalue weighted by Crippen LogP contribution is 2.31. The topological polar surface area (TPSA) is 93.3 Å². The molecule has 0 fully saturated rings. The lowest BCUT2D eigenvalue weighted by molar-refractivity contribution is 0.416. The van der Waals surface area contributed by atoms with Crippen LogP contribution in [0.5, 0.6) is 5.75 Å². The number of benzene rings is 1. The number of halogens is 1. The van der Waals surface area contributed by atoms with Crippen LogP contribution in [-0.2, 0) is 9.84 Å². The van der Waals surface area contributed by atoms with Crippen molar-refractivity contribution in [2.45, 2.75) is 12.2 Å². The highest BCUT2D eigenvalue weighted by Gasteiger charge is 2.24. The van der Waals surface area contributed by atoms with Gasteiger partial charge in [-0.25, -0.2) is 8.42 Å². The molecule has 1 aromatic heterocycles. The van der Waals surface area contributed by atoms with Crippen LogP contribution in [0, 0.1) is 0 Å². The highest BCUT2D eigenvalue weighted by molar-refractivity contribution is 7.90. The van der Waals surface area contributed by atoms with Gasteiger partial charge in [-0.15, -0.1) is 0 Å². The minimum atomic E-state index is -3.32. The molecule has 0 amide bonds. The molecule has 0 aliphatic rings. The first-order valence-electron chi connectivity index (χ1n) is 5.30. The first-order chi connectivity index (χ1) is 8.79. The standard InChI is InChI=1S/C11H11ClN2O4S/c1-6(19(2,16)17)10-13-11(18-14-10)8-5-7(12)3-4-9(8)15/h3-6,15H,1-2H3. The van der Waals surface area contributed by atoms with Gasteiger partial charge in [-0.1, -0.05) is 16.8 Å². The summed E-state index contributed by atoms with van der Waals surface area (Å²) in [6.07, 6.45) is 1.09. The Hall–Kier alpha value is -1.60. The van der Waals surface area contributed by atoms with Gasteiger partial charge >= 0.3 is 0 Å². The second kappa shape index (κ2) is 4.82. The van der Waals surface area contributed by atoms with E-state index < -0.39 is 15.1 Å². The number of aromatic hydroxyl groups is 1. The maximum atomic E-state index is 11.4. The van der Waals surface area contributed by atoms with Crippen LogP contribution < -0.4 is 0 Å². The van der Waals surface area contributed by atoms with Crippen LogP contribution in [0.25, 0.3) is 11.5 Å². The Balaban J connectivity index is 2.44. The monoisotopic (exact) mass is 302 g/mol. The van der Waals surface area contributed by atoms with E-state index in [1.165, 1.54) is 25.1 Å². The average molecular weight is 303 g/mol. The van der Waals surface area contributed by atoms with Crippen molar-refractivity contribution < 1.29 is 18.0 Å². The van der Waals surface area contributed by atoms with E-state index in [1.807, 2.05) is 0 Å². The molecule has 0 spiro atoms. The van der Waals surface area contributed by atoms with Crippen LogP contribution in [-0.4, -0.2) is 29.9 Å². The van der Waals surface area contributed by atoms with E-state index in [0.717, 1.165) is 6.26 Å². The Labute approximate surface area is 114 Å². The van der Waals surface area contributed by atoms with Crippen molar-refractivity contribution in [3.8, 4) is 17.2 Å². The van der Waals surface area contributed by atoms with Crippen LogP contribution in [0.1, 0.15) is 18.0 Å². The van der Waals surface area contributed by atoms with Gasteiger partial charge in [0.25, 0.3) is 5.89 Å². The molecule has 0 saturated carbocycles. The van der Waals surface area contributed by atoms with Gasteiger partial charge in [-0.2, -0.15) is 4.98 Å². The summed E-state index contributed by atoms with van der Waals surface area (Å²) in [6.45, 7) is 1.46. The third-order valence-electron chi connectivity index (χ3n) is 2.64. The molecular weight excluding hydrogens is 292 g/mol. The lowest BCUT2D eigenvalue weighted by atomic mass is 10.2. The molecule has 6 nitrogen and oxygen atoms in total. The molecule has 0 bridgehead atoms. The molecule has 1 aromatic carbocycles. The zero-order chi connectivity index (χ0) is 14.2. The lowest BCUT2D eigenvalue weighted by Crippen LogP contribution is -2.09. The number of rotatable bonds is 3. The Morgan fingerprint density at radius 2 is 2.11 bits per heavy atom. The molecule has 0 aliphatic carbocycles. The van der Waals surface area contributed by atoms with Gasteiger partial charge in [0.15, 0.2) is 15.7 Å². The zero-order valence-electron chi connectivity index (χ0n) is 10.2. The summed E-state index contributed by atoms with van der Waals surface area (Å²) in [7, 11) is -3.32. The molecule has 0 saturated heterocycles. The van der Waals surface area contributed by atoms with Gasteiger partial charge < -0.3 is 9.63 Å². The molecule has 1 N–H and O–H groups in total. The van der Waals surface area contributed by atoms with Crippen molar-refractivity contribution >= 4 is 21.4 Å². The van der Waals surface area contributed by atoms with Crippen LogP contribution in [0.3, 0.4) is 0 Å². The van der Waals surface area contributed by atoms with Crippen molar-refractivity contribution in [3.05, 3.63) is 29.0 Å². The van der Waals surface area contributed by atoms with Crippen LogP contribution in [0.4, 0.5) is 0 Å². The van der Waals surface area contributed by atoms with Gasteiger partial charge in [0.2, 0.25) is 0 Å². The normalized spacial score (nSPS) is 13.4. The fraction of sp³-hybridized carbons (Fsp3) is 0.273. The fourth-order valence-corrected chi connectivity index (χ4v) is 2.03. The van der Waals surface area contributed by atoms with Gasteiger partial charge in [0, 0.05) is 11.3 Å². The summed E-state index contributed by atoms with van der Waals surface area (Å²) in [4.78, 5) is 3.97. The van der Waals surface area contributed by atoms with Gasteiger partial charge in [0.05, 0.1) is 5.56 Å². The SMILES string of the molecule is CC(c1noc(-c2cc(Cl)ccc2O)n1)S(C)(=O)=O. The molecule has 1 heterocycles. The Bertz CT molecular complexity index is 711. The first kappa shape index (κ1) is 13.8. The second-order valence-corrected chi connectivity index (χ2v) is 6.89. The molecule has 102 valence electrons. The second-order valence-electron chi connectivity index (χ2n) is 4.09. The Morgan fingerprint density at radius 1 is 1.42 bits per heavy atom. The van der Waals surface area contributed by atoms with Gasteiger partial charge in [-0.3, -0.25) is 0 Å². The molecule has 1 unspecified atom stereocenters. The first-order valence-corrected chi connectivity index (χ1v) is 7.63. The molecule has 2 rings (SSSR count). The Kier molecular flexibility index (Phi) is 3.51. The molecular formula is C11H11ClN2O4S. The predicted octanol–water partition coefficient (Wildman–Crippen LogP) is 2.20. The van der Waals surface area contributed by atoms with E-state index in [0.29, 0.717) is 5.02 Å². The highest BCUT2D eigenvalue weighted by atomic mass is 35.5. The zero-order valence-corrected chi connectivity index (χ0v) is 11.7. The number of sulfone groups is 1. The third kappa shape index (κ3) is 2.87. The number of phenolic OH excluding ortho intramolecular Hbond substituents is 1. The number of phenols is 1. The third-order valence-corrected chi connectivity index (χ3v) is 4.37. The predicted molar refractivity (Wildman–Crippen MR) is 69.7 cm³/mol. The van der Waals surface area contributed by atoms with Crippen molar-refractivity contribution in [3.63, 3.8) is 0 Å². The van der Waals surface area contributed by atoms with Gasteiger partial charge in [-0.05, 0) is 25.1 Å². The summed E-state index contributed by atoms with van der Waals surface area (Å²) < 4.78 is 27.8. The summed E-state index contributed by atoms with van der Waals surface area (Å²) in [5.74, 6) is -0.0195. The summed E-state index contributed by atoms with van der Waals surface area (Å²) in [6, 6.07) is 4.36. The van der Waals surface area contributed by atoms with E-state index in [9.17, 15) is 13.5 Å². The molecule has 8 heteroatoms. The summed E-state index contributed by atoms with van der Waals surface area (Å²) in [5, 5.41) is 12.8. The molecule has 0 radical (unpaired) electrons. The van der Waals surface area contributed by atoms with E-state index in [4.69, 9.17) is 16.1 Å². The smallest absolute Gasteiger partial charge is 0.261 e. The van der Waals surface area contributed by atoms with E-state index in [2.05, 4.69) is 10.1 Å². The minimum Gasteiger partial charge on any atom is -0.507 e. The molecule has 19 heavy (non-hydrogen) atoms. The van der Waals surface area contributed by atoms with Crippen LogP contribution in [0.15, 0.2) is 22.7 Å². The van der Waals surface area contributed by atoms with E-state index in [-0.39, 0.29) is 23.0 Å². The summed E-state index contributed by atoms with van der Waals surface area (Å²) >= 11 is 5.81. The van der Waals surface area contributed by atoms with Crippen LogP contribution in [0.2, 0.25) is 5.02 Å². The Morgan fingerprint density at radius 3 is 2.74 bits per heavy atom. The van der Waals surface area contributed by atoms with Crippen molar-refractivity contribution in [2.75, 3.05) is 6.26 Å². The number of hydrogen-bond donors (Lipinski definition) is 1. The summed E-state index contributed by atoms with van der Waals surface area (Å²) in [5.41, 5.74) is 0.256. The quantitative estimate of drug-likeness (QED) is 0.934. The molecule has 0 aliphatic heterocycles. The van der Waals surface area contributed by atoms with Crippen molar-refractivity contribution in [1.29, 1.82) is 0 Å². The van der Waals surface area contributed by atoms with E-state index in [1.54, 1.807) is 0 Å². The number of nitrogens with zero attached hydrogens (tertiary/aromatic N) is 2. The average Bonchev–Trinajstić information content (AvgIpc) is 2.79. The van der Waals surface area contributed by atoms with Crippen LogP contribution >= 0.6 is 11.6 Å². The van der Waals surface area contributed by atoms with Gasteiger partial charge in [0.1, 0.15) is 11.0 Å².